The number of hydrogen-bond acceptors (Lipinski definition) is 5. The number of carbonyl (C=O) groups excluding carboxylic acids is 1. The van der Waals surface area contributed by atoms with Crippen LogP contribution in [0.5, 0.6) is 0 Å². The Morgan fingerprint density at radius 3 is 2.62 bits per heavy atom. The van der Waals surface area contributed by atoms with Gasteiger partial charge >= 0.3 is 11.7 Å². The van der Waals surface area contributed by atoms with Crippen LogP contribution in [0, 0.1) is 0 Å². The number of esters is 1. The Kier molecular flexibility index (Phi) is 5.83. The molecule has 2 aromatic carbocycles. The molecule has 0 spiro atoms. The Bertz CT molecular complexity index is 1510. The van der Waals surface area contributed by atoms with Crippen LogP contribution in [0.4, 0.5) is 0 Å². The lowest BCUT2D eigenvalue weighted by atomic mass is 10.1. The minimum absolute atomic E-state index is 0.163. The molecule has 0 bridgehead atoms. The maximum absolute atomic E-state index is 13.7. The zero-order valence-electron chi connectivity index (χ0n) is 18.6. The van der Waals surface area contributed by atoms with Crippen molar-refractivity contribution in [2.45, 2.75) is 38.3 Å². The number of rotatable bonds is 5. The third-order valence-corrected chi connectivity index (χ3v) is 6.65. The van der Waals surface area contributed by atoms with E-state index in [0.717, 1.165) is 31.2 Å². The summed E-state index contributed by atoms with van der Waals surface area (Å²) >= 11 is 6.45. The van der Waals surface area contributed by atoms with Crippen LogP contribution in [-0.2, 0) is 11.3 Å². The predicted octanol–water partition coefficient (Wildman–Crippen LogP) is 3.95. The molecule has 0 saturated heterocycles. The van der Waals surface area contributed by atoms with Crippen molar-refractivity contribution in [2.24, 2.45) is 0 Å². The molecule has 5 rings (SSSR count). The SMILES string of the molecule is COC(=O)c1cccc(Cn2cnc3c2c(=O)n(C2CCCC2)c(=O)n3-c2ccccc2Cl)c1. The molecule has 2 heterocycles. The van der Waals surface area contributed by atoms with Crippen LogP contribution in [0.3, 0.4) is 0 Å². The maximum Gasteiger partial charge on any atom is 0.337 e. The van der Waals surface area contributed by atoms with Gasteiger partial charge in [0, 0.05) is 12.6 Å². The molecule has 0 atom stereocenters. The van der Waals surface area contributed by atoms with Gasteiger partial charge in [0.1, 0.15) is 0 Å². The standard InChI is InChI=1S/C25H23ClN4O4/c1-34-24(32)17-8-6-7-16(13-17)14-28-15-27-22-21(28)23(31)29(18-9-2-3-10-18)25(33)30(22)20-12-5-4-11-19(20)26/h4-8,11-13,15,18H,2-3,9-10,14H2,1H3. The van der Waals surface area contributed by atoms with Crippen LogP contribution in [0.15, 0.2) is 64.4 Å². The fraction of sp³-hybridized carbons (Fsp3) is 0.280. The van der Waals surface area contributed by atoms with E-state index in [-0.39, 0.29) is 17.2 Å². The van der Waals surface area contributed by atoms with E-state index in [1.807, 2.05) is 6.07 Å². The summed E-state index contributed by atoms with van der Waals surface area (Å²) in [4.78, 5) is 43.7. The summed E-state index contributed by atoms with van der Waals surface area (Å²) in [5, 5.41) is 0.392. The lowest BCUT2D eigenvalue weighted by Crippen LogP contribution is -2.42. The fourth-order valence-electron chi connectivity index (χ4n) is 4.72. The van der Waals surface area contributed by atoms with Gasteiger partial charge in [-0.15, -0.1) is 0 Å². The normalized spacial score (nSPS) is 14.1. The Morgan fingerprint density at radius 2 is 1.88 bits per heavy atom. The van der Waals surface area contributed by atoms with Crippen molar-refractivity contribution in [2.75, 3.05) is 7.11 Å². The van der Waals surface area contributed by atoms with E-state index >= 15 is 0 Å². The van der Waals surface area contributed by atoms with Gasteiger partial charge in [0.05, 0.1) is 29.7 Å². The number of imidazole rings is 1. The molecule has 34 heavy (non-hydrogen) atoms. The predicted molar refractivity (Wildman–Crippen MR) is 129 cm³/mol. The largest absolute Gasteiger partial charge is 0.465 e. The van der Waals surface area contributed by atoms with Crippen LogP contribution >= 0.6 is 11.6 Å². The number of aromatic nitrogens is 4. The van der Waals surface area contributed by atoms with Crippen molar-refractivity contribution in [1.29, 1.82) is 0 Å². The molecule has 0 aliphatic heterocycles. The molecule has 0 radical (unpaired) electrons. The van der Waals surface area contributed by atoms with Crippen LogP contribution in [0.2, 0.25) is 5.02 Å². The molecule has 0 N–H and O–H groups in total. The molecule has 9 heteroatoms. The second-order valence-electron chi connectivity index (χ2n) is 8.42. The lowest BCUT2D eigenvalue weighted by Gasteiger charge is -2.17. The van der Waals surface area contributed by atoms with Crippen molar-refractivity contribution in [3.05, 3.63) is 91.8 Å². The van der Waals surface area contributed by atoms with Crippen LogP contribution in [0.25, 0.3) is 16.9 Å². The third kappa shape index (κ3) is 3.74. The first kappa shape index (κ1) is 22.2. The van der Waals surface area contributed by atoms with Gasteiger partial charge in [0.15, 0.2) is 11.2 Å². The molecule has 1 saturated carbocycles. The highest BCUT2D eigenvalue weighted by Crippen LogP contribution is 2.28. The average Bonchev–Trinajstić information content (AvgIpc) is 3.51. The smallest absolute Gasteiger partial charge is 0.337 e. The Balaban J connectivity index is 1.73. The number of halogens is 1. The number of hydrogen-bond donors (Lipinski definition) is 0. The highest BCUT2D eigenvalue weighted by Gasteiger charge is 2.26. The average molecular weight is 479 g/mol. The van der Waals surface area contributed by atoms with Crippen molar-refractivity contribution < 1.29 is 9.53 Å². The fourth-order valence-corrected chi connectivity index (χ4v) is 4.94. The molecule has 4 aromatic rings. The van der Waals surface area contributed by atoms with Gasteiger partial charge in [0.25, 0.3) is 5.56 Å². The van der Waals surface area contributed by atoms with Crippen molar-refractivity contribution in [1.82, 2.24) is 18.7 Å². The highest BCUT2D eigenvalue weighted by atomic mass is 35.5. The summed E-state index contributed by atoms with van der Waals surface area (Å²) in [7, 11) is 1.33. The van der Waals surface area contributed by atoms with Crippen LogP contribution in [-0.4, -0.2) is 31.8 Å². The number of benzene rings is 2. The molecule has 174 valence electrons. The van der Waals surface area contributed by atoms with Crippen molar-refractivity contribution in [3.63, 3.8) is 0 Å². The van der Waals surface area contributed by atoms with Crippen molar-refractivity contribution in [3.8, 4) is 5.69 Å². The molecule has 1 aliphatic rings. The zero-order chi connectivity index (χ0) is 23.8. The van der Waals surface area contributed by atoms with Gasteiger partial charge in [-0.1, -0.05) is 48.7 Å². The third-order valence-electron chi connectivity index (χ3n) is 6.33. The van der Waals surface area contributed by atoms with Crippen LogP contribution < -0.4 is 11.2 Å². The maximum atomic E-state index is 13.7. The molecular formula is C25H23ClN4O4. The van der Waals surface area contributed by atoms with Gasteiger partial charge < -0.3 is 9.30 Å². The van der Waals surface area contributed by atoms with E-state index < -0.39 is 11.7 Å². The monoisotopic (exact) mass is 478 g/mol. The van der Waals surface area contributed by atoms with Gasteiger partial charge in [-0.25, -0.2) is 19.1 Å². The van der Waals surface area contributed by atoms with Crippen LogP contribution in [0.1, 0.15) is 47.6 Å². The Morgan fingerprint density at radius 1 is 1.12 bits per heavy atom. The summed E-state index contributed by atoms with van der Waals surface area (Å²) in [6, 6.07) is 13.9. The molecule has 0 amide bonds. The first-order valence-corrected chi connectivity index (χ1v) is 11.5. The first-order valence-electron chi connectivity index (χ1n) is 11.1. The Hall–Kier alpha value is -3.65. The van der Waals surface area contributed by atoms with E-state index in [0.29, 0.717) is 28.3 Å². The summed E-state index contributed by atoms with van der Waals surface area (Å²) < 4.78 is 9.32. The summed E-state index contributed by atoms with van der Waals surface area (Å²) in [6.07, 6.45) is 5.04. The molecule has 2 aromatic heterocycles. The van der Waals surface area contributed by atoms with E-state index in [4.69, 9.17) is 16.3 Å². The van der Waals surface area contributed by atoms with E-state index in [2.05, 4.69) is 4.98 Å². The molecule has 0 unspecified atom stereocenters. The second-order valence-corrected chi connectivity index (χ2v) is 8.83. The topological polar surface area (TPSA) is 88.1 Å². The number of para-hydroxylation sites is 1. The van der Waals surface area contributed by atoms with Gasteiger partial charge in [0.2, 0.25) is 0 Å². The first-order chi connectivity index (χ1) is 16.5. The molecular weight excluding hydrogens is 456 g/mol. The summed E-state index contributed by atoms with van der Waals surface area (Å²) in [5.41, 5.74) is 1.46. The zero-order valence-corrected chi connectivity index (χ0v) is 19.4. The number of carbonyl (C=O) groups is 1. The molecule has 8 nitrogen and oxygen atoms in total. The summed E-state index contributed by atoms with van der Waals surface area (Å²) in [6.45, 7) is 0.294. The second kappa shape index (κ2) is 8.95. The van der Waals surface area contributed by atoms with Gasteiger partial charge in [-0.05, 0) is 42.7 Å². The molecule has 1 fully saturated rings. The highest BCUT2D eigenvalue weighted by molar-refractivity contribution is 6.32. The number of ether oxygens (including phenoxy) is 1. The minimum atomic E-state index is -0.437. The van der Waals surface area contributed by atoms with Gasteiger partial charge in [-0.2, -0.15) is 0 Å². The van der Waals surface area contributed by atoms with E-state index in [1.165, 1.54) is 16.2 Å². The number of methoxy groups -OCH3 is 1. The van der Waals surface area contributed by atoms with Gasteiger partial charge in [-0.3, -0.25) is 9.36 Å². The quantitative estimate of drug-likeness (QED) is 0.405. The minimum Gasteiger partial charge on any atom is -0.465 e. The number of fused-ring (bicyclic) bond motifs is 1. The van der Waals surface area contributed by atoms with E-state index in [1.54, 1.807) is 53.4 Å². The Labute approximate surface area is 200 Å². The number of nitrogens with zero attached hydrogens (tertiary/aromatic N) is 4. The summed E-state index contributed by atoms with van der Waals surface area (Å²) in [5.74, 6) is -0.437. The lowest BCUT2D eigenvalue weighted by molar-refractivity contribution is 0.0600. The van der Waals surface area contributed by atoms with Crippen molar-refractivity contribution >= 4 is 28.7 Å². The molecule has 1 aliphatic carbocycles. The van der Waals surface area contributed by atoms with E-state index in [9.17, 15) is 14.4 Å².